The number of hydrogen-bond donors (Lipinski definition) is 2. The highest BCUT2D eigenvalue weighted by atomic mass is 19.1. The molecule has 2 aromatic carbocycles. The minimum absolute atomic E-state index is 0.0113. The second-order valence-corrected chi connectivity index (χ2v) is 4.50. The van der Waals surface area contributed by atoms with Crippen molar-refractivity contribution in [3.63, 3.8) is 0 Å². The predicted octanol–water partition coefficient (Wildman–Crippen LogP) is 2.66. The molecule has 4 heteroatoms. The lowest BCUT2D eigenvalue weighted by atomic mass is 10.1. The number of nitrogens with one attached hydrogen (secondary N) is 1. The standard InChI is InChI=1S/C16H18FNO2/c1-20-16-8-7-12(9-14(16)17)10-18-15(11-19)13-5-3-2-4-6-13/h2-9,15,18-19H,10-11H2,1H3/t15-/m0/s1. The molecule has 0 amide bonds. The van der Waals surface area contributed by atoms with Crippen molar-refractivity contribution in [2.24, 2.45) is 0 Å². The first-order valence-corrected chi connectivity index (χ1v) is 6.46. The van der Waals surface area contributed by atoms with Crippen molar-refractivity contribution in [3.05, 3.63) is 65.5 Å². The van der Waals surface area contributed by atoms with Crippen LogP contribution in [0.3, 0.4) is 0 Å². The fraction of sp³-hybridized carbons (Fsp3) is 0.250. The van der Waals surface area contributed by atoms with E-state index in [1.54, 1.807) is 12.1 Å². The lowest BCUT2D eigenvalue weighted by Gasteiger charge is -2.17. The smallest absolute Gasteiger partial charge is 0.165 e. The van der Waals surface area contributed by atoms with Gasteiger partial charge in [0.1, 0.15) is 0 Å². The summed E-state index contributed by atoms with van der Waals surface area (Å²) in [7, 11) is 1.44. The van der Waals surface area contributed by atoms with Crippen LogP contribution in [-0.2, 0) is 6.54 Å². The number of aliphatic hydroxyl groups excluding tert-OH is 1. The van der Waals surface area contributed by atoms with Gasteiger partial charge in [0.15, 0.2) is 11.6 Å². The van der Waals surface area contributed by atoms with Crippen LogP contribution in [0.1, 0.15) is 17.2 Å². The topological polar surface area (TPSA) is 41.5 Å². The van der Waals surface area contributed by atoms with E-state index in [0.29, 0.717) is 6.54 Å². The molecule has 0 aromatic heterocycles. The molecule has 0 aliphatic rings. The molecule has 0 spiro atoms. The van der Waals surface area contributed by atoms with Crippen molar-refractivity contribution in [2.45, 2.75) is 12.6 Å². The highest BCUT2D eigenvalue weighted by molar-refractivity contribution is 5.29. The van der Waals surface area contributed by atoms with Crippen molar-refractivity contribution in [2.75, 3.05) is 13.7 Å². The van der Waals surface area contributed by atoms with E-state index in [1.165, 1.54) is 13.2 Å². The molecule has 0 aliphatic heterocycles. The minimum Gasteiger partial charge on any atom is -0.494 e. The van der Waals surface area contributed by atoms with E-state index in [-0.39, 0.29) is 24.2 Å². The maximum atomic E-state index is 13.6. The summed E-state index contributed by atoms with van der Waals surface area (Å²) >= 11 is 0. The first kappa shape index (κ1) is 14.5. The Morgan fingerprint density at radius 2 is 1.95 bits per heavy atom. The Morgan fingerprint density at radius 3 is 2.55 bits per heavy atom. The highest BCUT2D eigenvalue weighted by Crippen LogP contribution is 2.18. The van der Waals surface area contributed by atoms with E-state index in [9.17, 15) is 9.50 Å². The Balaban J connectivity index is 2.02. The fourth-order valence-electron chi connectivity index (χ4n) is 2.03. The zero-order chi connectivity index (χ0) is 14.4. The number of hydrogen-bond acceptors (Lipinski definition) is 3. The van der Waals surface area contributed by atoms with E-state index in [1.807, 2.05) is 30.3 Å². The van der Waals surface area contributed by atoms with Crippen LogP contribution in [0.15, 0.2) is 48.5 Å². The molecule has 0 unspecified atom stereocenters. The Kier molecular flexibility index (Phi) is 5.09. The normalized spacial score (nSPS) is 12.2. The van der Waals surface area contributed by atoms with E-state index < -0.39 is 0 Å². The summed E-state index contributed by atoms with van der Waals surface area (Å²) in [5, 5.41) is 12.6. The molecule has 106 valence electrons. The molecule has 2 rings (SSSR count). The summed E-state index contributed by atoms with van der Waals surface area (Å²) in [4.78, 5) is 0. The average molecular weight is 275 g/mol. The lowest BCUT2D eigenvalue weighted by molar-refractivity contribution is 0.243. The molecule has 0 fully saturated rings. The Hall–Kier alpha value is -1.91. The van der Waals surface area contributed by atoms with Crippen LogP contribution < -0.4 is 10.1 Å². The van der Waals surface area contributed by atoms with Crippen molar-refractivity contribution in [3.8, 4) is 5.75 Å². The number of halogens is 1. The predicted molar refractivity (Wildman–Crippen MR) is 76.1 cm³/mol. The zero-order valence-electron chi connectivity index (χ0n) is 11.3. The van der Waals surface area contributed by atoms with E-state index in [0.717, 1.165) is 11.1 Å². The van der Waals surface area contributed by atoms with Crippen LogP contribution in [0.2, 0.25) is 0 Å². The van der Waals surface area contributed by atoms with Gasteiger partial charge in [0, 0.05) is 6.54 Å². The molecular weight excluding hydrogens is 257 g/mol. The van der Waals surface area contributed by atoms with Crippen LogP contribution in [-0.4, -0.2) is 18.8 Å². The Labute approximate surface area is 118 Å². The lowest BCUT2D eigenvalue weighted by Crippen LogP contribution is -2.24. The van der Waals surface area contributed by atoms with E-state index in [4.69, 9.17) is 4.74 Å². The van der Waals surface area contributed by atoms with Crippen LogP contribution >= 0.6 is 0 Å². The summed E-state index contributed by atoms with van der Waals surface area (Å²) in [6.07, 6.45) is 0. The van der Waals surface area contributed by atoms with Gasteiger partial charge in [0.25, 0.3) is 0 Å². The first-order chi connectivity index (χ1) is 9.74. The summed E-state index contributed by atoms with van der Waals surface area (Å²) in [5.74, 6) is -0.150. The largest absolute Gasteiger partial charge is 0.494 e. The second kappa shape index (κ2) is 7.03. The third-order valence-corrected chi connectivity index (χ3v) is 3.15. The fourth-order valence-corrected chi connectivity index (χ4v) is 2.03. The minimum atomic E-state index is -0.382. The van der Waals surface area contributed by atoms with Crippen LogP contribution in [0.4, 0.5) is 4.39 Å². The van der Waals surface area contributed by atoms with Gasteiger partial charge in [-0.25, -0.2) is 4.39 Å². The van der Waals surface area contributed by atoms with Gasteiger partial charge >= 0.3 is 0 Å². The molecule has 20 heavy (non-hydrogen) atoms. The maximum absolute atomic E-state index is 13.6. The third kappa shape index (κ3) is 3.56. The van der Waals surface area contributed by atoms with Gasteiger partial charge in [-0.1, -0.05) is 36.4 Å². The molecule has 2 N–H and O–H groups in total. The molecular formula is C16H18FNO2. The molecule has 1 atom stereocenters. The van der Waals surface area contributed by atoms with Crippen LogP contribution in [0, 0.1) is 5.82 Å². The van der Waals surface area contributed by atoms with Gasteiger partial charge in [-0.3, -0.25) is 0 Å². The van der Waals surface area contributed by atoms with Gasteiger partial charge in [-0.05, 0) is 23.3 Å². The number of ether oxygens (including phenoxy) is 1. The number of benzene rings is 2. The van der Waals surface area contributed by atoms with Crippen molar-refractivity contribution < 1.29 is 14.2 Å². The molecule has 3 nitrogen and oxygen atoms in total. The monoisotopic (exact) mass is 275 g/mol. The second-order valence-electron chi connectivity index (χ2n) is 4.50. The van der Waals surface area contributed by atoms with Gasteiger partial charge in [-0.15, -0.1) is 0 Å². The molecule has 0 radical (unpaired) electrons. The van der Waals surface area contributed by atoms with Gasteiger partial charge in [0.2, 0.25) is 0 Å². The first-order valence-electron chi connectivity index (χ1n) is 6.46. The molecule has 0 bridgehead atoms. The van der Waals surface area contributed by atoms with E-state index in [2.05, 4.69) is 5.32 Å². The summed E-state index contributed by atoms with van der Waals surface area (Å²) in [6, 6.07) is 14.3. The molecule has 0 heterocycles. The van der Waals surface area contributed by atoms with Gasteiger partial charge < -0.3 is 15.2 Å². The van der Waals surface area contributed by atoms with Gasteiger partial charge in [-0.2, -0.15) is 0 Å². The Morgan fingerprint density at radius 1 is 1.20 bits per heavy atom. The molecule has 0 saturated heterocycles. The average Bonchev–Trinajstić information content (AvgIpc) is 2.49. The molecule has 0 saturated carbocycles. The molecule has 2 aromatic rings. The summed E-state index contributed by atoms with van der Waals surface area (Å²) in [6.45, 7) is 0.462. The van der Waals surface area contributed by atoms with Crippen LogP contribution in [0.5, 0.6) is 5.75 Å². The van der Waals surface area contributed by atoms with Crippen molar-refractivity contribution in [1.82, 2.24) is 5.32 Å². The maximum Gasteiger partial charge on any atom is 0.165 e. The van der Waals surface area contributed by atoms with Crippen molar-refractivity contribution in [1.29, 1.82) is 0 Å². The van der Waals surface area contributed by atoms with Crippen LogP contribution in [0.25, 0.3) is 0 Å². The SMILES string of the molecule is COc1ccc(CN[C@@H](CO)c2ccccc2)cc1F. The van der Waals surface area contributed by atoms with Gasteiger partial charge in [0.05, 0.1) is 19.8 Å². The molecule has 0 aliphatic carbocycles. The zero-order valence-corrected chi connectivity index (χ0v) is 11.3. The van der Waals surface area contributed by atoms with Crippen molar-refractivity contribution >= 4 is 0 Å². The quantitative estimate of drug-likeness (QED) is 0.851. The summed E-state index contributed by atoms with van der Waals surface area (Å²) in [5.41, 5.74) is 1.81. The number of aliphatic hydroxyl groups is 1. The Bertz CT molecular complexity index is 545. The number of rotatable bonds is 6. The third-order valence-electron chi connectivity index (χ3n) is 3.15. The van der Waals surface area contributed by atoms with E-state index >= 15 is 0 Å². The summed E-state index contributed by atoms with van der Waals surface area (Å²) < 4.78 is 18.5. The highest BCUT2D eigenvalue weighted by Gasteiger charge is 2.10. The number of methoxy groups -OCH3 is 1.